The Bertz CT molecular complexity index is 920. The molecule has 4 saturated carbocycles. The van der Waals surface area contributed by atoms with E-state index < -0.39 is 0 Å². The minimum absolute atomic E-state index is 0.143. The van der Waals surface area contributed by atoms with Crippen molar-refractivity contribution in [2.45, 2.75) is 124 Å². The summed E-state index contributed by atoms with van der Waals surface area (Å²) in [6.45, 7) is 14.1. The fourth-order valence-corrected chi connectivity index (χ4v) is 12.2. The average molecular weight is 496 g/mol. The van der Waals surface area contributed by atoms with Crippen molar-refractivity contribution < 1.29 is 4.39 Å². The molecule has 6 rings (SSSR count). The number of allylic oxidation sites excluding steroid dienone is 4. The minimum atomic E-state index is -0.143. The summed E-state index contributed by atoms with van der Waals surface area (Å²) in [4.78, 5) is 0. The van der Waals surface area contributed by atoms with Crippen molar-refractivity contribution in [2.24, 2.45) is 51.8 Å². The van der Waals surface area contributed by atoms with Crippen LogP contribution in [0.5, 0.6) is 0 Å². The van der Waals surface area contributed by atoms with Gasteiger partial charge in [0, 0.05) is 5.54 Å². The van der Waals surface area contributed by atoms with Gasteiger partial charge in [0.1, 0.15) is 0 Å². The van der Waals surface area contributed by atoms with E-state index in [-0.39, 0.29) is 12.6 Å². The van der Waals surface area contributed by atoms with Gasteiger partial charge in [-0.15, -0.1) is 0 Å². The Labute approximate surface area is 221 Å². The van der Waals surface area contributed by atoms with Crippen LogP contribution in [-0.4, -0.2) is 18.8 Å². The highest BCUT2D eigenvalue weighted by atomic mass is 19.1. The quantitative estimate of drug-likeness (QED) is 0.410. The van der Waals surface area contributed by atoms with Crippen molar-refractivity contribution in [3.63, 3.8) is 0 Å². The molecule has 0 heterocycles. The van der Waals surface area contributed by atoms with Crippen molar-refractivity contribution >= 4 is 0 Å². The highest BCUT2D eigenvalue weighted by Crippen LogP contribution is 2.75. The monoisotopic (exact) mass is 495 g/mol. The first-order chi connectivity index (χ1) is 17.2. The smallest absolute Gasteiger partial charge is 0.0925 e. The molecule has 0 bridgehead atoms. The third-order valence-corrected chi connectivity index (χ3v) is 14.2. The van der Waals surface area contributed by atoms with Gasteiger partial charge >= 0.3 is 0 Å². The molecule has 8 unspecified atom stereocenters. The molecule has 202 valence electrons. The Balaban J connectivity index is 1.29. The van der Waals surface area contributed by atoms with Gasteiger partial charge < -0.3 is 5.32 Å². The van der Waals surface area contributed by atoms with Crippen LogP contribution in [0, 0.1) is 51.8 Å². The van der Waals surface area contributed by atoms with E-state index in [1.54, 1.807) is 11.1 Å². The van der Waals surface area contributed by atoms with Crippen molar-refractivity contribution in [3.8, 4) is 0 Å². The second-order valence-corrected chi connectivity index (χ2v) is 15.1. The van der Waals surface area contributed by atoms with Crippen LogP contribution in [0.3, 0.4) is 0 Å². The Morgan fingerprint density at radius 2 is 1.72 bits per heavy atom. The summed E-state index contributed by atoms with van der Waals surface area (Å²) in [5.74, 6) is 4.42. The van der Waals surface area contributed by atoms with Crippen LogP contribution in [-0.2, 0) is 0 Å². The lowest BCUT2D eigenvalue weighted by molar-refractivity contribution is -0.212. The van der Waals surface area contributed by atoms with E-state index in [0.717, 1.165) is 49.5 Å². The summed E-state index contributed by atoms with van der Waals surface area (Å²) in [6.07, 6.45) is 22.4. The fraction of sp³-hybridized carbons (Fsp3) is 0.882. The van der Waals surface area contributed by atoms with Gasteiger partial charge in [-0.3, -0.25) is 4.39 Å². The maximum atomic E-state index is 13.2. The molecule has 10 atom stereocenters. The van der Waals surface area contributed by atoms with E-state index in [4.69, 9.17) is 0 Å². The predicted octanol–water partition coefficient (Wildman–Crippen LogP) is 9.05. The van der Waals surface area contributed by atoms with Gasteiger partial charge in [0.2, 0.25) is 0 Å². The first kappa shape index (κ1) is 25.6. The SMILES string of the molecule is CCNC12CCC[C@@H]1C1CCC3C4(C)CC=C(C5=CCC(CF)CC5)C(C)C4CCC3(C)[C@]1(C)CC2. The molecule has 0 aromatic heterocycles. The molecule has 0 radical (unpaired) electrons. The molecular formula is C34H54FN. The highest BCUT2D eigenvalue weighted by Gasteiger charge is 2.68. The molecule has 6 aliphatic carbocycles. The zero-order chi connectivity index (χ0) is 25.3. The molecule has 6 aliphatic rings. The maximum Gasteiger partial charge on any atom is 0.0925 e. The second kappa shape index (κ2) is 8.96. The zero-order valence-corrected chi connectivity index (χ0v) is 24.1. The van der Waals surface area contributed by atoms with E-state index >= 15 is 0 Å². The van der Waals surface area contributed by atoms with Crippen molar-refractivity contribution in [1.82, 2.24) is 5.32 Å². The summed E-state index contributed by atoms with van der Waals surface area (Å²) in [7, 11) is 0. The van der Waals surface area contributed by atoms with Gasteiger partial charge in [-0.05, 0) is 146 Å². The molecule has 0 aromatic rings. The second-order valence-electron chi connectivity index (χ2n) is 15.1. The van der Waals surface area contributed by atoms with E-state index in [2.05, 4.69) is 52.1 Å². The lowest BCUT2D eigenvalue weighted by atomic mass is 9.34. The molecule has 0 saturated heterocycles. The first-order valence-electron chi connectivity index (χ1n) is 15.9. The predicted molar refractivity (Wildman–Crippen MR) is 150 cm³/mol. The van der Waals surface area contributed by atoms with Crippen molar-refractivity contribution in [1.29, 1.82) is 0 Å². The fourth-order valence-electron chi connectivity index (χ4n) is 12.2. The maximum absolute atomic E-state index is 13.2. The Kier molecular flexibility index (Phi) is 6.38. The first-order valence-corrected chi connectivity index (χ1v) is 15.9. The van der Waals surface area contributed by atoms with Gasteiger partial charge in [0.15, 0.2) is 0 Å². The van der Waals surface area contributed by atoms with Crippen LogP contribution in [0.25, 0.3) is 0 Å². The molecular weight excluding hydrogens is 441 g/mol. The molecule has 4 fully saturated rings. The summed E-state index contributed by atoms with van der Waals surface area (Å²) in [6, 6.07) is 0. The van der Waals surface area contributed by atoms with Gasteiger partial charge in [-0.25, -0.2) is 0 Å². The van der Waals surface area contributed by atoms with E-state index in [1.165, 1.54) is 64.2 Å². The van der Waals surface area contributed by atoms with Gasteiger partial charge in [-0.1, -0.05) is 53.2 Å². The molecule has 2 heteroatoms. The number of hydrogen-bond acceptors (Lipinski definition) is 1. The van der Waals surface area contributed by atoms with Crippen LogP contribution >= 0.6 is 0 Å². The standard InChI is InChI=1S/C34H54FN/c1-6-36-34-17-7-8-29(34)28-13-14-30-31(3)18-15-26(25-11-9-24(22-35)10-12-25)23(2)27(31)16-19-33(30,5)32(28,4)20-21-34/h11,15,23-24,27-30,36H,6-10,12-14,16-22H2,1-5H3/t23?,24?,27?,28?,29-,30?,31?,32-,33?,34?/m1/s1. The topological polar surface area (TPSA) is 12.0 Å². The molecule has 0 aromatic carbocycles. The summed E-state index contributed by atoms with van der Waals surface area (Å²) < 4.78 is 13.2. The van der Waals surface area contributed by atoms with Crippen molar-refractivity contribution in [3.05, 3.63) is 23.3 Å². The largest absolute Gasteiger partial charge is 0.311 e. The van der Waals surface area contributed by atoms with Crippen LogP contribution in [0.4, 0.5) is 4.39 Å². The zero-order valence-electron chi connectivity index (χ0n) is 24.1. The van der Waals surface area contributed by atoms with Gasteiger partial charge in [0.05, 0.1) is 6.67 Å². The van der Waals surface area contributed by atoms with Crippen LogP contribution in [0.15, 0.2) is 23.3 Å². The summed E-state index contributed by atoms with van der Waals surface area (Å²) in [5, 5.41) is 4.06. The van der Waals surface area contributed by atoms with Crippen LogP contribution < -0.4 is 5.32 Å². The Morgan fingerprint density at radius 3 is 2.44 bits per heavy atom. The van der Waals surface area contributed by atoms with E-state index in [1.807, 2.05) is 0 Å². The number of alkyl halides is 1. The molecule has 1 N–H and O–H groups in total. The molecule has 36 heavy (non-hydrogen) atoms. The van der Waals surface area contributed by atoms with Crippen molar-refractivity contribution in [2.75, 3.05) is 13.2 Å². The van der Waals surface area contributed by atoms with E-state index in [0.29, 0.717) is 27.7 Å². The number of fused-ring (bicyclic) bond motifs is 7. The lowest BCUT2D eigenvalue weighted by Gasteiger charge is -2.71. The third kappa shape index (κ3) is 3.40. The lowest BCUT2D eigenvalue weighted by Crippen LogP contribution is -2.66. The number of hydrogen-bond donors (Lipinski definition) is 1. The number of nitrogens with one attached hydrogen (secondary N) is 1. The summed E-state index contributed by atoms with van der Waals surface area (Å²) >= 11 is 0. The van der Waals surface area contributed by atoms with Crippen LogP contribution in [0.1, 0.15) is 118 Å². The minimum Gasteiger partial charge on any atom is -0.311 e. The van der Waals surface area contributed by atoms with Gasteiger partial charge in [0.25, 0.3) is 0 Å². The summed E-state index contributed by atoms with van der Waals surface area (Å²) in [5.41, 5.74) is 5.09. The van der Waals surface area contributed by atoms with Crippen LogP contribution in [0.2, 0.25) is 0 Å². The van der Waals surface area contributed by atoms with Gasteiger partial charge in [-0.2, -0.15) is 0 Å². The molecule has 0 aliphatic heterocycles. The molecule has 1 nitrogen and oxygen atoms in total. The average Bonchev–Trinajstić information content (AvgIpc) is 3.29. The highest BCUT2D eigenvalue weighted by molar-refractivity contribution is 5.38. The Morgan fingerprint density at radius 1 is 0.889 bits per heavy atom. The molecule has 0 amide bonds. The normalized spacial score (nSPS) is 52.4. The number of halogens is 1. The number of rotatable bonds is 4. The molecule has 0 spiro atoms. The Hall–Kier alpha value is -0.630. The van der Waals surface area contributed by atoms with E-state index in [9.17, 15) is 4.39 Å². The third-order valence-electron chi connectivity index (χ3n) is 14.2.